The van der Waals surface area contributed by atoms with Crippen LogP contribution in [0.3, 0.4) is 0 Å². The third-order valence-electron chi connectivity index (χ3n) is 3.15. The third kappa shape index (κ3) is 3.47. The Hall–Kier alpha value is -2.90. The van der Waals surface area contributed by atoms with Gasteiger partial charge in [-0.3, -0.25) is 4.98 Å². The average molecular weight is 320 g/mol. The molecule has 0 N–H and O–H groups in total. The highest BCUT2D eigenvalue weighted by atomic mass is 19.3. The van der Waals surface area contributed by atoms with Crippen LogP contribution in [0.4, 0.5) is 13.2 Å². The quantitative estimate of drug-likeness (QED) is 0.725. The van der Waals surface area contributed by atoms with Gasteiger partial charge in [-0.25, -0.2) is 4.39 Å². The Morgan fingerprint density at radius 1 is 1.04 bits per heavy atom. The second-order valence-electron chi connectivity index (χ2n) is 4.64. The molecule has 0 unspecified atom stereocenters. The maximum atomic E-state index is 14.1. The molecule has 0 aliphatic heterocycles. The summed E-state index contributed by atoms with van der Waals surface area (Å²) in [6, 6.07) is 6.01. The van der Waals surface area contributed by atoms with Crippen molar-refractivity contribution in [3.05, 3.63) is 66.0 Å². The third-order valence-corrected chi connectivity index (χ3v) is 3.15. The summed E-state index contributed by atoms with van der Waals surface area (Å²) in [7, 11) is 0. The summed E-state index contributed by atoms with van der Waals surface area (Å²) in [5.74, 6) is -0.444. The number of pyridine rings is 1. The molecular weight excluding hydrogens is 309 g/mol. The van der Waals surface area contributed by atoms with Gasteiger partial charge in [0.05, 0.1) is 24.8 Å². The highest BCUT2D eigenvalue weighted by Gasteiger charge is 2.13. The molecule has 0 spiro atoms. The molecule has 0 aliphatic carbocycles. The molecule has 0 fully saturated rings. The van der Waals surface area contributed by atoms with Gasteiger partial charge in [-0.2, -0.15) is 19.0 Å². The van der Waals surface area contributed by atoms with Crippen LogP contribution in [0.25, 0.3) is 5.69 Å². The summed E-state index contributed by atoms with van der Waals surface area (Å²) in [6.07, 6.45) is 5.76. The minimum Gasteiger partial charge on any atom is -0.435 e. The van der Waals surface area contributed by atoms with E-state index in [2.05, 4.69) is 19.9 Å². The largest absolute Gasteiger partial charge is 0.435 e. The lowest BCUT2D eigenvalue weighted by Crippen LogP contribution is -2.07. The predicted octanol–water partition coefficient (Wildman–Crippen LogP) is 2.99. The van der Waals surface area contributed by atoms with E-state index in [1.54, 1.807) is 12.1 Å². The SMILES string of the molecule is Fc1cncc(-n2nccn2)c1Cc1ccc(OC(F)F)cc1. The monoisotopic (exact) mass is 320 g/mol. The molecular formula is C15H11F3N4O. The van der Waals surface area contributed by atoms with Gasteiger partial charge in [-0.15, -0.1) is 4.80 Å². The molecule has 2 heterocycles. The lowest BCUT2D eigenvalue weighted by atomic mass is 10.0. The fraction of sp³-hybridized carbons (Fsp3) is 0.133. The molecule has 0 saturated carbocycles. The van der Waals surface area contributed by atoms with Crippen LogP contribution in [-0.4, -0.2) is 26.6 Å². The summed E-state index contributed by atoms with van der Waals surface area (Å²) in [4.78, 5) is 5.09. The molecule has 1 aromatic carbocycles. The van der Waals surface area contributed by atoms with E-state index in [-0.39, 0.29) is 12.2 Å². The van der Waals surface area contributed by atoms with Crippen molar-refractivity contribution in [3.8, 4) is 11.4 Å². The molecule has 8 heteroatoms. The Kier molecular flexibility index (Phi) is 4.22. The van der Waals surface area contributed by atoms with E-state index in [4.69, 9.17) is 0 Å². The molecule has 3 aromatic rings. The molecule has 0 saturated heterocycles. The second-order valence-corrected chi connectivity index (χ2v) is 4.64. The Bertz CT molecular complexity index is 776. The topological polar surface area (TPSA) is 52.8 Å². The van der Waals surface area contributed by atoms with E-state index >= 15 is 0 Å². The van der Waals surface area contributed by atoms with Gasteiger partial charge in [-0.1, -0.05) is 12.1 Å². The standard InChI is InChI=1S/C15H11F3N4O/c16-13-8-19-9-14(22-20-5-6-21-22)12(13)7-10-1-3-11(4-2-10)23-15(17)18/h1-6,8-9,15H,7H2. The molecule has 3 rings (SSSR count). The van der Waals surface area contributed by atoms with Gasteiger partial charge in [0.2, 0.25) is 0 Å². The Morgan fingerprint density at radius 2 is 1.74 bits per heavy atom. The minimum atomic E-state index is -2.88. The van der Waals surface area contributed by atoms with Crippen molar-refractivity contribution in [1.82, 2.24) is 20.0 Å². The summed E-state index contributed by atoms with van der Waals surface area (Å²) in [5, 5.41) is 7.94. The van der Waals surface area contributed by atoms with Crippen molar-refractivity contribution in [3.63, 3.8) is 0 Å². The lowest BCUT2D eigenvalue weighted by Gasteiger charge is -2.10. The number of ether oxygens (including phenoxy) is 1. The predicted molar refractivity (Wildman–Crippen MR) is 75.0 cm³/mol. The first-order valence-electron chi connectivity index (χ1n) is 6.66. The van der Waals surface area contributed by atoms with E-state index in [9.17, 15) is 13.2 Å². The van der Waals surface area contributed by atoms with Gasteiger partial charge in [0.15, 0.2) is 0 Å². The summed E-state index contributed by atoms with van der Waals surface area (Å²) < 4.78 is 42.7. The van der Waals surface area contributed by atoms with Crippen LogP contribution in [0.15, 0.2) is 49.1 Å². The van der Waals surface area contributed by atoms with E-state index < -0.39 is 12.4 Å². The van der Waals surface area contributed by atoms with Crippen molar-refractivity contribution in [2.75, 3.05) is 0 Å². The van der Waals surface area contributed by atoms with Crippen molar-refractivity contribution in [2.24, 2.45) is 0 Å². The zero-order valence-corrected chi connectivity index (χ0v) is 11.7. The van der Waals surface area contributed by atoms with Crippen LogP contribution in [0.1, 0.15) is 11.1 Å². The number of hydrogen-bond donors (Lipinski definition) is 0. The Morgan fingerprint density at radius 3 is 2.39 bits per heavy atom. The van der Waals surface area contributed by atoms with Crippen LogP contribution in [0.2, 0.25) is 0 Å². The molecule has 23 heavy (non-hydrogen) atoms. The van der Waals surface area contributed by atoms with Crippen molar-refractivity contribution < 1.29 is 17.9 Å². The zero-order chi connectivity index (χ0) is 16.2. The summed E-state index contributed by atoms with van der Waals surface area (Å²) in [6.45, 7) is -2.88. The molecule has 5 nitrogen and oxygen atoms in total. The number of halogens is 3. The van der Waals surface area contributed by atoms with E-state index in [1.165, 1.54) is 35.5 Å². The van der Waals surface area contributed by atoms with Gasteiger partial charge < -0.3 is 4.74 Å². The van der Waals surface area contributed by atoms with Crippen LogP contribution >= 0.6 is 0 Å². The van der Waals surface area contributed by atoms with E-state index in [0.717, 1.165) is 11.8 Å². The molecule has 2 aromatic heterocycles. The van der Waals surface area contributed by atoms with Crippen molar-refractivity contribution >= 4 is 0 Å². The number of alkyl halides is 2. The van der Waals surface area contributed by atoms with E-state index in [1.807, 2.05) is 0 Å². The zero-order valence-electron chi connectivity index (χ0n) is 11.7. The number of rotatable bonds is 5. The molecule has 0 amide bonds. The maximum Gasteiger partial charge on any atom is 0.387 e. The Labute approximate surface area is 129 Å². The van der Waals surface area contributed by atoms with Gasteiger partial charge in [0.1, 0.15) is 17.3 Å². The first kappa shape index (κ1) is 15.0. The van der Waals surface area contributed by atoms with Gasteiger partial charge in [0, 0.05) is 12.0 Å². The number of hydrogen-bond acceptors (Lipinski definition) is 4. The summed E-state index contributed by atoms with van der Waals surface area (Å²) >= 11 is 0. The van der Waals surface area contributed by atoms with E-state index in [0.29, 0.717) is 11.3 Å². The molecule has 0 bridgehead atoms. The van der Waals surface area contributed by atoms with Crippen LogP contribution in [0, 0.1) is 5.82 Å². The first-order valence-corrected chi connectivity index (χ1v) is 6.66. The highest BCUT2D eigenvalue weighted by molar-refractivity contribution is 5.41. The molecule has 118 valence electrons. The van der Waals surface area contributed by atoms with Gasteiger partial charge in [-0.05, 0) is 17.7 Å². The number of nitrogens with zero attached hydrogens (tertiary/aromatic N) is 4. The number of aromatic nitrogens is 4. The fourth-order valence-electron chi connectivity index (χ4n) is 2.13. The minimum absolute atomic E-state index is 0.0490. The molecule has 0 aliphatic rings. The lowest BCUT2D eigenvalue weighted by molar-refractivity contribution is -0.0498. The Balaban J connectivity index is 1.88. The van der Waals surface area contributed by atoms with Crippen LogP contribution in [0.5, 0.6) is 5.75 Å². The highest BCUT2D eigenvalue weighted by Crippen LogP contribution is 2.21. The normalized spacial score (nSPS) is 11.0. The maximum absolute atomic E-state index is 14.1. The van der Waals surface area contributed by atoms with Crippen molar-refractivity contribution in [1.29, 1.82) is 0 Å². The first-order chi connectivity index (χ1) is 11.1. The average Bonchev–Trinajstić information content (AvgIpc) is 3.05. The van der Waals surface area contributed by atoms with Crippen LogP contribution < -0.4 is 4.74 Å². The van der Waals surface area contributed by atoms with Crippen molar-refractivity contribution in [2.45, 2.75) is 13.0 Å². The molecule has 0 radical (unpaired) electrons. The molecule has 0 atom stereocenters. The second kappa shape index (κ2) is 6.47. The smallest absolute Gasteiger partial charge is 0.387 e. The van der Waals surface area contributed by atoms with Gasteiger partial charge >= 0.3 is 6.61 Å². The van der Waals surface area contributed by atoms with Gasteiger partial charge in [0.25, 0.3) is 0 Å². The summed E-state index contributed by atoms with van der Waals surface area (Å²) in [5.41, 5.74) is 1.51. The van der Waals surface area contributed by atoms with Crippen LogP contribution in [-0.2, 0) is 6.42 Å². The number of benzene rings is 1. The fourth-order valence-corrected chi connectivity index (χ4v) is 2.13.